The summed E-state index contributed by atoms with van der Waals surface area (Å²) in [7, 11) is 6.42. The second-order valence-corrected chi connectivity index (χ2v) is 6.51. The van der Waals surface area contributed by atoms with E-state index in [1.807, 2.05) is 18.2 Å². The van der Waals surface area contributed by atoms with E-state index in [-0.39, 0.29) is 11.5 Å². The number of hydrogen-bond donors (Lipinski definition) is 1. The van der Waals surface area contributed by atoms with Crippen molar-refractivity contribution in [1.82, 2.24) is 9.88 Å². The second-order valence-electron chi connectivity index (χ2n) is 5.46. The number of hydrogen-bond acceptors (Lipinski definition) is 5. The summed E-state index contributed by atoms with van der Waals surface area (Å²) < 4.78 is 12.9. The van der Waals surface area contributed by atoms with Gasteiger partial charge in [-0.25, -0.2) is 0 Å². The van der Waals surface area contributed by atoms with Crippen LogP contribution in [0.5, 0.6) is 11.5 Å². The molecule has 0 radical (unpaired) electrons. The van der Waals surface area contributed by atoms with Gasteiger partial charge in [0, 0.05) is 30.6 Å². The Morgan fingerprint density at radius 3 is 2.52 bits per heavy atom. The van der Waals surface area contributed by atoms with Crippen molar-refractivity contribution in [3.8, 4) is 22.6 Å². The average molecular weight is 358 g/mol. The van der Waals surface area contributed by atoms with Crippen molar-refractivity contribution < 1.29 is 14.3 Å². The number of amides is 1. The lowest BCUT2D eigenvalue weighted by molar-refractivity contribution is 0.0967. The summed E-state index contributed by atoms with van der Waals surface area (Å²) in [6.07, 6.45) is 1.77. The quantitative estimate of drug-likeness (QED) is 0.778. The summed E-state index contributed by atoms with van der Waals surface area (Å²) in [5.74, 6) is 1.02. The number of nitrogens with zero attached hydrogens (tertiary/aromatic N) is 1. The first kappa shape index (κ1) is 17.0. The molecule has 1 aromatic carbocycles. The van der Waals surface area contributed by atoms with Crippen molar-refractivity contribution in [2.24, 2.45) is 7.05 Å². The molecule has 1 amide bonds. The maximum absolute atomic E-state index is 12.5. The van der Waals surface area contributed by atoms with Crippen LogP contribution >= 0.6 is 11.3 Å². The van der Waals surface area contributed by atoms with E-state index in [0.29, 0.717) is 21.8 Å². The van der Waals surface area contributed by atoms with E-state index in [4.69, 9.17) is 9.47 Å². The fourth-order valence-corrected chi connectivity index (χ4v) is 3.82. The molecule has 1 N–H and O–H groups in total. The molecule has 0 saturated heterocycles. The predicted octanol–water partition coefficient (Wildman–Crippen LogP) is 2.64. The molecule has 25 heavy (non-hydrogen) atoms. The number of carbonyl (C=O) groups is 1. The van der Waals surface area contributed by atoms with E-state index < -0.39 is 0 Å². The number of benzene rings is 1. The minimum atomic E-state index is -0.207. The second kappa shape index (κ2) is 6.60. The molecule has 3 aromatic rings. The lowest BCUT2D eigenvalue weighted by atomic mass is 10.1. The van der Waals surface area contributed by atoms with E-state index in [9.17, 15) is 9.59 Å². The third-order valence-corrected chi connectivity index (χ3v) is 5.16. The Balaban J connectivity index is 2.29. The largest absolute Gasteiger partial charge is 0.493 e. The lowest BCUT2D eigenvalue weighted by Crippen LogP contribution is -2.17. The maximum Gasteiger partial charge on any atom is 0.261 e. The molecule has 0 saturated carbocycles. The fourth-order valence-electron chi connectivity index (χ4n) is 2.70. The summed E-state index contributed by atoms with van der Waals surface area (Å²) in [5, 5.41) is 3.12. The van der Waals surface area contributed by atoms with Crippen LogP contribution in [-0.4, -0.2) is 31.7 Å². The van der Waals surface area contributed by atoms with Gasteiger partial charge in [0.05, 0.1) is 24.5 Å². The van der Waals surface area contributed by atoms with E-state index in [0.717, 1.165) is 15.8 Å². The first-order valence-electron chi connectivity index (χ1n) is 7.57. The van der Waals surface area contributed by atoms with Crippen LogP contribution in [0.25, 0.3) is 21.2 Å². The van der Waals surface area contributed by atoms with E-state index >= 15 is 0 Å². The minimum Gasteiger partial charge on any atom is -0.493 e. The molecular weight excluding hydrogens is 340 g/mol. The maximum atomic E-state index is 12.5. The van der Waals surface area contributed by atoms with Crippen LogP contribution in [0.3, 0.4) is 0 Å². The number of methoxy groups -OCH3 is 2. The van der Waals surface area contributed by atoms with Crippen molar-refractivity contribution in [3.63, 3.8) is 0 Å². The Bertz CT molecular complexity index is 1020. The monoisotopic (exact) mass is 358 g/mol. The lowest BCUT2D eigenvalue weighted by Gasteiger charge is -2.11. The number of fused-ring (bicyclic) bond motifs is 1. The summed E-state index contributed by atoms with van der Waals surface area (Å²) in [4.78, 5) is 24.9. The van der Waals surface area contributed by atoms with Crippen LogP contribution in [0.1, 0.15) is 9.67 Å². The zero-order valence-corrected chi connectivity index (χ0v) is 15.2. The van der Waals surface area contributed by atoms with Gasteiger partial charge in [-0.05, 0) is 23.8 Å². The van der Waals surface area contributed by atoms with Gasteiger partial charge in [-0.15, -0.1) is 11.3 Å². The van der Waals surface area contributed by atoms with Crippen molar-refractivity contribution >= 4 is 27.3 Å². The zero-order chi connectivity index (χ0) is 18.1. The van der Waals surface area contributed by atoms with E-state index in [2.05, 4.69) is 5.32 Å². The van der Waals surface area contributed by atoms with Gasteiger partial charge < -0.3 is 19.4 Å². The van der Waals surface area contributed by atoms with Crippen LogP contribution in [0.4, 0.5) is 0 Å². The van der Waals surface area contributed by atoms with Crippen molar-refractivity contribution in [2.45, 2.75) is 0 Å². The highest BCUT2D eigenvalue weighted by Gasteiger charge is 2.17. The van der Waals surface area contributed by atoms with E-state index in [1.54, 1.807) is 40.6 Å². The molecule has 2 heterocycles. The molecule has 0 aliphatic heterocycles. The Hall–Kier alpha value is -2.80. The molecule has 0 unspecified atom stereocenters. The zero-order valence-electron chi connectivity index (χ0n) is 14.4. The average Bonchev–Trinajstić information content (AvgIpc) is 3.09. The Kier molecular flexibility index (Phi) is 4.50. The van der Waals surface area contributed by atoms with Gasteiger partial charge in [0.15, 0.2) is 11.5 Å². The van der Waals surface area contributed by atoms with E-state index in [1.165, 1.54) is 15.9 Å². The molecular formula is C18H18N2O4S. The molecule has 0 aliphatic carbocycles. The Labute approximate surface area is 148 Å². The van der Waals surface area contributed by atoms with Gasteiger partial charge in [-0.1, -0.05) is 6.07 Å². The molecule has 130 valence electrons. The first-order chi connectivity index (χ1) is 12.0. The summed E-state index contributed by atoms with van der Waals surface area (Å²) in [5.41, 5.74) is 1.60. The molecule has 2 aromatic heterocycles. The highest BCUT2D eigenvalue weighted by Crippen LogP contribution is 2.37. The van der Waals surface area contributed by atoms with Crippen molar-refractivity contribution in [2.75, 3.05) is 21.3 Å². The number of ether oxygens (including phenoxy) is 2. The van der Waals surface area contributed by atoms with Gasteiger partial charge in [-0.2, -0.15) is 0 Å². The third kappa shape index (κ3) is 2.87. The van der Waals surface area contributed by atoms with Crippen LogP contribution in [0, 0.1) is 0 Å². The minimum absolute atomic E-state index is 0.134. The van der Waals surface area contributed by atoms with Crippen LogP contribution < -0.4 is 20.3 Å². The van der Waals surface area contributed by atoms with Crippen LogP contribution in [0.15, 0.2) is 35.3 Å². The molecule has 0 bridgehead atoms. The summed E-state index contributed by atoms with van der Waals surface area (Å²) >= 11 is 1.30. The molecule has 6 nitrogen and oxygen atoms in total. The standard InChI is InChI=1S/C18H18N2O4S/c1-19-17(21)15-8-11-16(25-15)12(9-20(2)18(11)22)10-5-6-13(23-3)14(7-10)24-4/h5-9H,1-4H3,(H,19,21). The number of thiophene rings is 1. The number of pyridine rings is 1. The first-order valence-corrected chi connectivity index (χ1v) is 8.39. The van der Waals surface area contributed by atoms with Gasteiger partial charge in [-0.3, -0.25) is 9.59 Å². The van der Waals surface area contributed by atoms with Gasteiger partial charge >= 0.3 is 0 Å². The number of rotatable bonds is 4. The van der Waals surface area contributed by atoms with Crippen molar-refractivity contribution in [3.05, 3.63) is 45.7 Å². The SMILES string of the molecule is CNC(=O)c1cc2c(=O)n(C)cc(-c3ccc(OC)c(OC)c3)c2s1. The number of nitrogens with one attached hydrogen (secondary N) is 1. The van der Waals surface area contributed by atoms with Gasteiger partial charge in [0.2, 0.25) is 0 Å². The summed E-state index contributed by atoms with van der Waals surface area (Å²) in [6.45, 7) is 0. The normalized spacial score (nSPS) is 10.7. The molecule has 0 atom stereocenters. The molecule has 0 fully saturated rings. The predicted molar refractivity (Wildman–Crippen MR) is 99.0 cm³/mol. The Morgan fingerprint density at radius 2 is 1.88 bits per heavy atom. The highest BCUT2D eigenvalue weighted by atomic mass is 32.1. The fraction of sp³-hybridized carbons (Fsp3) is 0.222. The van der Waals surface area contributed by atoms with Gasteiger partial charge in [0.25, 0.3) is 11.5 Å². The Morgan fingerprint density at radius 1 is 1.16 bits per heavy atom. The van der Waals surface area contributed by atoms with Crippen molar-refractivity contribution in [1.29, 1.82) is 0 Å². The van der Waals surface area contributed by atoms with Gasteiger partial charge in [0.1, 0.15) is 0 Å². The molecule has 3 rings (SSSR count). The molecule has 0 aliphatic rings. The number of carbonyl (C=O) groups excluding carboxylic acids is 1. The number of aryl methyl sites for hydroxylation is 1. The molecule has 7 heteroatoms. The molecule has 0 spiro atoms. The highest BCUT2D eigenvalue weighted by molar-refractivity contribution is 7.21. The number of aromatic nitrogens is 1. The van der Waals surface area contributed by atoms with Crippen LogP contribution in [-0.2, 0) is 7.05 Å². The summed E-state index contributed by atoms with van der Waals surface area (Å²) in [6, 6.07) is 7.22. The topological polar surface area (TPSA) is 69.6 Å². The third-order valence-electron chi connectivity index (χ3n) is 4.00. The van der Waals surface area contributed by atoms with Crippen LogP contribution in [0.2, 0.25) is 0 Å². The smallest absolute Gasteiger partial charge is 0.261 e.